The highest BCUT2D eigenvalue weighted by Crippen LogP contribution is 2.27. The maximum absolute atomic E-state index is 13.4. The van der Waals surface area contributed by atoms with E-state index in [2.05, 4.69) is 44.4 Å². The lowest BCUT2D eigenvalue weighted by Crippen LogP contribution is -2.49. The summed E-state index contributed by atoms with van der Waals surface area (Å²) in [5, 5.41) is 1.55. The predicted octanol–water partition coefficient (Wildman–Crippen LogP) is 4.92. The van der Waals surface area contributed by atoms with E-state index in [4.69, 9.17) is 23.2 Å². The molecule has 0 aliphatic carbocycles. The van der Waals surface area contributed by atoms with Gasteiger partial charge in [0, 0.05) is 82.4 Å². The molecule has 0 unspecified atom stereocenters. The average Bonchev–Trinajstić information content (AvgIpc) is 3.18. The van der Waals surface area contributed by atoms with Gasteiger partial charge in [-0.25, -0.2) is 0 Å². The predicted molar refractivity (Wildman–Crippen MR) is 149 cm³/mol. The molecule has 0 N–H and O–H groups in total. The molecule has 2 fully saturated rings. The fraction of sp³-hybridized carbons (Fsp3) is 0.393. The van der Waals surface area contributed by atoms with E-state index in [9.17, 15) is 4.79 Å². The van der Waals surface area contributed by atoms with Gasteiger partial charge in [0.05, 0.1) is 10.7 Å². The quantitative estimate of drug-likeness (QED) is 0.473. The van der Waals surface area contributed by atoms with Gasteiger partial charge < -0.3 is 19.3 Å². The Hall–Kier alpha value is -2.67. The SMILES string of the molecule is Cc1c(CN2CCN(c3ccccc3Cl)CC2)cc(C(=O)N2CCN(c3cccc(Cl)c3)CC2)n1C. The molecule has 0 saturated carbocycles. The van der Waals surface area contributed by atoms with Gasteiger partial charge in [-0.2, -0.15) is 0 Å². The molecule has 5 rings (SSSR count). The van der Waals surface area contributed by atoms with Crippen molar-refractivity contribution in [1.29, 1.82) is 0 Å². The molecule has 8 heteroatoms. The summed E-state index contributed by atoms with van der Waals surface area (Å²) in [6.07, 6.45) is 0. The van der Waals surface area contributed by atoms with Crippen LogP contribution in [0.1, 0.15) is 21.7 Å². The van der Waals surface area contributed by atoms with Crippen LogP contribution >= 0.6 is 23.2 Å². The molecular weight excluding hydrogens is 493 g/mol. The van der Waals surface area contributed by atoms with Gasteiger partial charge in [0.2, 0.25) is 0 Å². The lowest BCUT2D eigenvalue weighted by atomic mass is 10.2. The Morgan fingerprint density at radius 3 is 2.22 bits per heavy atom. The smallest absolute Gasteiger partial charge is 0.270 e. The Morgan fingerprint density at radius 1 is 0.833 bits per heavy atom. The monoisotopic (exact) mass is 525 g/mol. The van der Waals surface area contributed by atoms with Gasteiger partial charge in [0.25, 0.3) is 5.91 Å². The van der Waals surface area contributed by atoms with Crippen LogP contribution in [-0.4, -0.2) is 72.6 Å². The zero-order chi connectivity index (χ0) is 25.2. The van der Waals surface area contributed by atoms with Gasteiger partial charge in [0.15, 0.2) is 0 Å². The van der Waals surface area contributed by atoms with Crippen LogP contribution in [-0.2, 0) is 13.6 Å². The summed E-state index contributed by atoms with van der Waals surface area (Å²) in [6, 6.07) is 18.1. The van der Waals surface area contributed by atoms with Crippen LogP contribution in [0.15, 0.2) is 54.6 Å². The molecule has 3 aromatic rings. The number of para-hydroxylation sites is 1. The normalized spacial score (nSPS) is 17.1. The highest BCUT2D eigenvalue weighted by Gasteiger charge is 2.26. The van der Waals surface area contributed by atoms with Crippen molar-refractivity contribution in [2.45, 2.75) is 13.5 Å². The third-order valence-corrected chi connectivity index (χ3v) is 8.11. The Labute approximate surface area is 223 Å². The number of piperazine rings is 2. The van der Waals surface area contributed by atoms with E-state index < -0.39 is 0 Å². The fourth-order valence-electron chi connectivity index (χ4n) is 5.23. The van der Waals surface area contributed by atoms with Gasteiger partial charge in [0.1, 0.15) is 5.69 Å². The van der Waals surface area contributed by atoms with Crippen LogP contribution in [0.3, 0.4) is 0 Å². The van der Waals surface area contributed by atoms with Crippen LogP contribution < -0.4 is 9.80 Å². The molecule has 2 aliphatic rings. The molecule has 2 aromatic carbocycles. The molecule has 0 radical (unpaired) electrons. The summed E-state index contributed by atoms with van der Waals surface area (Å²) in [5.41, 5.74) is 5.38. The number of carbonyl (C=O) groups excluding carboxylic acids is 1. The molecule has 0 atom stereocenters. The zero-order valence-electron chi connectivity index (χ0n) is 21.0. The Morgan fingerprint density at radius 2 is 1.53 bits per heavy atom. The maximum atomic E-state index is 13.4. The van der Waals surface area contributed by atoms with E-state index in [1.54, 1.807) is 0 Å². The zero-order valence-corrected chi connectivity index (χ0v) is 22.5. The number of amides is 1. The third kappa shape index (κ3) is 5.22. The summed E-state index contributed by atoms with van der Waals surface area (Å²) in [6.45, 7) is 9.80. The van der Waals surface area contributed by atoms with Crippen LogP contribution in [0.4, 0.5) is 11.4 Å². The molecule has 3 heterocycles. The first kappa shape index (κ1) is 25.0. The van der Waals surface area contributed by atoms with Gasteiger partial charge in [-0.1, -0.05) is 41.4 Å². The molecule has 1 aromatic heterocycles. The number of hydrogen-bond acceptors (Lipinski definition) is 4. The Balaban J connectivity index is 1.19. The third-order valence-electron chi connectivity index (χ3n) is 7.56. The van der Waals surface area contributed by atoms with E-state index in [-0.39, 0.29) is 5.91 Å². The second-order valence-corrected chi connectivity index (χ2v) is 10.5. The first-order chi connectivity index (χ1) is 17.4. The molecule has 6 nitrogen and oxygen atoms in total. The molecule has 0 spiro atoms. The summed E-state index contributed by atoms with van der Waals surface area (Å²) in [4.78, 5) is 22.5. The van der Waals surface area contributed by atoms with Crippen LogP contribution in [0.25, 0.3) is 0 Å². The highest BCUT2D eigenvalue weighted by atomic mass is 35.5. The number of rotatable bonds is 5. The lowest BCUT2D eigenvalue weighted by Gasteiger charge is -2.36. The van der Waals surface area contributed by atoms with Gasteiger partial charge in [-0.05, 0) is 48.9 Å². The second kappa shape index (κ2) is 10.8. The van der Waals surface area contributed by atoms with Crippen molar-refractivity contribution in [3.8, 4) is 0 Å². The highest BCUT2D eigenvalue weighted by molar-refractivity contribution is 6.33. The van der Waals surface area contributed by atoms with E-state index in [0.717, 1.165) is 78.6 Å². The summed E-state index contributed by atoms with van der Waals surface area (Å²) in [7, 11) is 2.00. The van der Waals surface area contributed by atoms with Crippen molar-refractivity contribution >= 4 is 40.5 Å². The average molecular weight is 527 g/mol. The number of benzene rings is 2. The van der Waals surface area contributed by atoms with Crippen molar-refractivity contribution in [2.75, 3.05) is 62.2 Å². The van der Waals surface area contributed by atoms with Crippen LogP contribution in [0, 0.1) is 6.92 Å². The van der Waals surface area contributed by atoms with E-state index in [1.807, 2.05) is 48.3 Å². The minimum Gasteiger partial charge on any atom is -0.368 e. The molecule has 36 heavy (non-hydrogen) atoms. The number of anilines is 2. The lowest BCUT2D eigenvalue weighted by molar-refractivity contribution is 0.0737. The van der Waals surface area contributed by atoms with Crippen molar-refractivity contribution in [3.05, 3.63) is 81.6 Å². The molecule has 2 aliphatic heterocycles. The Bertz CT molecular complexity index is 1230. The number of hydrogen-bond donors (Lipinski definition) is 0. The first-order valence-electron chi connectivity index (χ1n) is 12.6. The molecule has 0 bridgehead atoms. The van der Waals surface area contributed by atoms with E-state index in [0.29, 0.717) is 13.1 Å². The maximum Gasteiger partial charge on any atom is 0.270 e. The number of aromatic nitrogens is 1. The van der Waals surface area contributed by atoms with Crippen LogP contribution in [0.5, 0.6) is 0 Å². The first-order valence-corrected chi connectivity index (χ1v) is 13.3. The minimum atomic E-state index is 0.112. The number of carbonyl (C=O) groups is 1. The summed E-state index contributed by atoms with van der Waals surface area (Å²) < 4.78 is 2.06. The van der Waals surface area contributed by atoms with Crippen molar-refractivity contribution in [3.63, 3.8) is 0 Å². The van der Waals surface area contributed by atoms with Gasteiger partial charge >= 0.3 is 0 Å². The van der Waals surface area contributed by atoms with E-state index in [1.165, 1.54) is 5.56 Å². The van der Waals surface area contributed by atoms with Crippen LogP contribution in [0.2, 0.25) is 10.0 Å². The molecule has 190 valence electrons. The van der Waals surface area contributed by atoms with Crippen molar-refractivity contribution < 1.29 is 4.79 Å². The van der Waals surface area contributed by atoms with E-state index >= 15 is 0 Å². The topological polar surface area (TPSA) is 35.0 Å². The van der Waals surface area contributed by atoms with Crippen molar-refractivity contribution in [2.24, 2.45) is 7.05 Å². The Kier molecular flexibility index (Phi) is 7.47. The largest absolute Gasteiger partial charge is 0.368 e. The fourth-order valence-corrected chi connectivity index (χ4v) is 5.67. The number of nitrogens with zero attached hydrogens (tertiary/aromatic N) is 5. The molecule has 2 saturated heterocycles. The van der Waals surface area contributed by atoms with Gasteiger partial charge in [-0.3, -0.25) is 9.69 Å². The van der Waals surface area contributed by atoms with Crippen molar-refractivity contribution in [1.82, 2.24) is 14.4 Å². The summed E-state index contributed by atoms with van der Waals surface area (Å²) in [5.74, 6) is 0.112. The summed E-state index contributed by atoms with van der Waals surface area (Å²) >= 11 is 12.6. The molecular formula is C28H33Cl2N5O. The minimum absolute atomic E-state index is 0.112. The molecule has 1 amide bonds. The standard InChI is InChI=1S/C28H33Cl2N5O/c1-21-22(20-32-10-12-34(13-11-32)26-9-4-3-8-25(26)30)18-27(31(21)2)28(36)35-16-14-33(15-17-35)24-7-5-6-23(29)19-24/h3-9,18-19H,10-17,20H2,1-2H3. The van der Waals surface area contributed by atoms with Gasteiger partial charge in [-0.15, -0.1) is 0 Å². The second-order valence-electron chi connectivity index (χ2n) is 9.67. The number of halogens is 2.